The van der Waals surface area contributed by atoms with Gasteiger partial charge in [0.2, 0.25) is 0 Å². The molecule has 1 unspecified atom stereocenters. The number of allylic oxidation sites excluding steroid dienone is 4. The molecule has 8 fully saturated rings. The number of benzene rings is 2. The highest BCUT2D eigenvalue weighted by Crippen LogP contribution is 2.71. The van der Waals surface area contributed by atoms with E-state index >= 15 is 0 Å². The van der Waals surface area contributed by atoms with Gasteiger partial charge in [0, 0.05) is 5.92 Å². The predicted molar refractivity (Wildman–Crippen MR) is 188 cm³/mol. The highest BCUT2D eigenvalue weighted by atomic mass is 31.1. The van der Waals surface area contributed by atoms with E-state index in [1.54, 1.807) is 74.8 Å². The van der Waals surface area contributed by atoms with Gasteiger partial charge >= 0.3 is 0 Å². The molecule has 2 aromatic rings. The van der Waals surface area contributed by atoms with Crippen molar-refractivity contribution in [1.82, 2.24) is 0 Å². The predicted octanol–water partition coefficient (Wildman–Crippen LogP) is 9.98. The minimum Gasteiger partial charge on any atom is -0.0950 e. The molecule has 0 heterocycles. The molecule has 11 rings (SSSR count). The summed E-state index contributed by atoms with van der Waals surface area (Å²) in [6.07, 6.45) is 26.6. The van der Waals surface area contributed by atoms with E-state index in [1.165, 1.54) is 23.5 Å². The number of hydrogen-bond acceptors (Lipinski definition) is 0. The van der Waals surface area contributed by atoms with Gasteiger partial charge < -0.3 is 0 Å². The zero-order chi connectivity index (χ0) is 28.7. The Morgan fingerprint density at radius 1 is 0.581 bits per heavy atom. The van der Waals surface area contributed by atoms with Crippen LogP contribution in [0.1, 0.15) is 75.3 Å². The molecule has 9 aliphatic carbocycles. The van der Waals surface area contributed by atoms with Crippen molar-refractivity contribution in [1.29, 1.82) is 0 Å². The van der Waals surface area contributed by atoms with E-state index in [4.69, 9.17) is 0 Å². The van der Waals surface area contributed by atoms with Gasteiger partial charge in [0.15, 0.2) is 0 Å². The molecule has 0 nitrogen and oxygen atoms in total. The fourth-order valence-electron chi connectivity index (χ4n) is 12.7. The van der Waals surface area contributed by atoms with E-state index in [-0.39, 0.29) is 15.8 Å². The molecular weight excluding hydrogens is 554 g/mol. The van der Waals surface area contributed by atoms with Crippen LogP contribution in [-0.4, -0.2) is 23.6 Å². The van der Waals surface area contributed by atoms with Crippen LogP contribution in [0.3, 0.4) is 0 Å². The summed E-state index contributed by atoms with van der Waals surface area (Å²) in [5.74, 6) is 9.37. The van der Waals surface area contributed by atoms with Crippen molar-refractivity contribution in [3.8, 4) is 0 Å². The maximum absolute atomic E-state index is 2.63. The fraction of sp³-hybridized carbons (Fsp3) is 0.610. The van der Waals surface area contributed by atoms with Crippen LogP contribution in [0.4, 0.5) is 0 Å². The van der Waals surface area contributed by atoms with Gasteiger partial charge in [0.25, 0.3) is 0 Å². The zero-order valence-corrected chi connectivity index (χ0v) is 28.4. The number of hydrogen-bond donors (Lipinski definition) is 0. The molecule has 0 spiro atoms. The van der Waals surface area contributed by atoms with Crippen LogP contribution >= 0.6 is 15.8 Å². The Hall–Kier alpha value is -1.22. The molecule has 0 radical (unpaired) electrons. The molecule has 0 amide bonds. The quantitative estimate of drug-likeness (QED) is 0.262. The van der Waals surface area contributed by atoms with Gasteiger partial charge in [-0.2, -0.15) is 0 Å². The van der Waals surface area contributed by atoms with E-state index in [2.05, 4.69) is 80.6 Å². The Morgan fingerprint density at radius 2 is 1.02 bits per heavy atom. The third-order valence-corrected chi connectivity index (χ3v) is 20.7. The second-order valence-electron chi connectivity index (χ2n) is 16.4. The van der Waals surface area contributed by atoms with Crippen LogP contribution in [0.5, 0.6) is 0 Å². The maximum Gasteiger partial charge on any atom is 0.00318 e. The van der Waals surface area contributed by atoms with Crippen LogP contribution in [0.2, 0.25) is 0 Å². The van der Waals surface area contributed by atoms with Gasteiger partial charge in [0.05, 0.1) is 0 Å². The summed E-state index contributed by atoms with van der Waals surface area (Å²) >= 11 is 0. The number of rotatable bonds is 8. The maximum atomic E-state index is 2.63. The first-order chi connectivity index (χ1) is 21.1. The molecule has 226 valence electrons. The van der Waals surface area contributed by atoms with E-state index in [1.807, 2.05) is 5.57 Å². The molecular formula is C41H52P2. The van der Waals surface area contributed by atoms with Crippen LogP contribution in [0.15, 0.2) is 72.3 Å². The number of aryl methyl sites for hydroxylation is 2. The highest BCUT2D eigenvalue weighted by molar-refractivity contribution is 7.73. The molecule has 43 heavy (non-hydrogen) atoms. The lowest BCUT2D eigenvalue weighted by Crippen LogP contribution is -2.53. The van der Waals surface area contributed by atoms with Crippen LogP contribution in [-0.2, 0) is 0 Å². The highest BCUT2D eigenvalue weighted by Gasteiger charge is 2.56. The van der Waals surface area contributed by atoms with E-state index in [0.29, 0.717) is 5.92 Å². The SMILES string of the molecule is Cc1ccccc1P(CC1C=CC=C1CP(C1C2CC3CC(C2)CC1C3)C1C2CC3CC(C2)CC1C3)c1ccccc1C. The van der Waals surface area contributed by atoms with Gasteiger partial charge in [-0.3, -0.25) is 0 Å². The van der Waals surface area contributed by atoms with Gasteiger partial charge in [-0.15, -0.1) is 0 Å². The monoisotopic (exact) mass is 606 g/mol. The minimum absolute atomic E-state index is 0.0549. The average Bonchev–Trinajstić information content (AvgIpc) is 3.42. The largest absolute Gasteiger partial charge is 0.0950 e. The lowest BCUT2D eigenvalue weighted by molar-refractivity contribution is 0.0131. The van der Waals surface area contributed by atoms with Gasteiger partial charge in [-0.25, -0.2) is 0 Å². The van der Waals surface area contributed by atoms with E-state index < -0.39 is 0 Å². The first-order valence-corrected chi connectivity index (χ1v) is 21.3. The van der Waals surface area contributed by atoms with E-state index in [9.17, 15) is 0 Å². The Morgan fingerprint density at radius 3 is 1.47 bits per heavy atom. The van der Waals surface area contributed by atoms with Crippen molar-refractivity contribution < 1.29 is 0 Å². The fourth-order valence-corrected chi connectivity index (χ4v) is 20.3. The molecule has 0 N–H and O–H groups in total. The van der Waals surface area contributed by atoms with E-state index in [0.717, 1.165) is 58.7 Å². The van der Waals surface area contributed by atoms with Gasteiger partial charge in [-0.05, 0) is 179 Å². The zero-order valence-electron chi connectivity index (χ0n) is 26.6. The normalized spacial score (nSPS) is 40.9. The second-order valence-corrected chi connectivity index (χ2v) is 21.2. The second kappa shape index (κ2) is 11.2. The third-order valence-electron chi connectivity index (χ3n) is 13.8. The van der Waals surface area contributed by atoms with Crippen LogP contribution in [0, 0.1) is 67.1 Å². The summed E-state index contributed by atoms with van der Waals surface area (Å²) in [4.78, 5) is 0. The summed E-state index contributed by atoms with van der Waals surface area (Å²) in [6, 6.07) is 18.6. The Kier molecular flexibility index (Phi) is 7.33. The van der Waals surface area contributed by atoms with Crippen molar-refractivity contribution >= 4 is 26.5 Å². The Labute approximate surface area is 264 Å². The Balaban J connectivity index is 1.04. The first-order valence-electron chi connectivity index (χ1n) is 18.1. The minimum atomic E-state index is -0.389. The van der Waals surface area contributed by atoms with Crippen molar-refractivity contribution in [2.75, 3.05) is 12.3 Å². The summed E-state index contributed by atoms with van der Waals surface area (Å²) in [5, 5.41) is 3.21. The summed E-state index contributed by atoms with van der Waals surface area (Å²) < 4.78 is 0. The molecule has 0 saturated heterocycles. The molecule has 1 atom stereocenters. The van der Waals surface area contributed by atoms with Crippen LogP contribution < -0.4 is 10.6 Å². The summed E-state index contributed by atoms with van der Waals surface area (Å²) in [7, 11) is -0.334. The summed E-state index contributed by atoms with van der Waals surface area (Å²) in [5.41, 5.74) is 7.01. The third kappa shape index (κ3) is 5.00. The molecule has 9 aliphatic rings. The van der Waals surface area contributed by atoms with Crippen molar-refractivity contribution in [3.05, 3.63) is 83.5 Å². The standard InChI is InChI=1S/C41H52P2/c1-26-8-3-5-12-38(26)42(39-13-6-4-9-27(39)2)24-32-10-7-11-33(32)25-43(40-34-16-28-14-29(18-34)19-35(40)17-28)41-36-20-30-15-31(22-36)23-37(41)21-30/h3-13,28-32,34-37,40-41H,14-25H2,1-2H3. The van der Waals surface area contributed by atoms with Crippen molar-refractivity contribution in [3.63, 3.8) is 0 Å². The summed E-state index contributed by atoms with van der Waals surface area (Å²) in [6.45, 7) is 4.70. The average molecular weight is 607 g/mol. The smallest absolute Gasteiger partial charge is 0.00318 e. The lowest BCUT2D eigenvalue weighted by Gasteiger charge is -2.62. The molecule has 8 saturated carbocycles. The molecule has 0 aromatic heterocycles. The van der Waals surface area contributed by atoms with Crippen molar-refractivity contribution in [2.24, 2.45) is 53.3 Å². The molecule has 8 bridgehead atoms. The molecule has 2 heteroatoms. The van der Waals surface area contributed by atoms with Gasteiger partial charge in [-0.1, -0.05) is 80.3 Å². The molecule has 0 aliphatic heterocycles. The first kappa shape index (κ1) is 28.0. The molecule has 2 aromatic carbocycles. The lowest BCUT2D eigenvalue weighted by atomic mass is 9.55. The van der Waals surface area contributed by atoms with Crippen LogP contribution in [0.25, 0.3) is 0 Å². The van der Waals surface area contributed by atoms with Gasteiger partial charge in [0.1, 0.15) is 0 Å². The topological polar surface area (TPSA) is 0 Å². The Bertz CT molecular complexity index is 1270. The van der Waals surface area contributed by atoms with Crippen molar-refractivity contribution in [2.45, 2.75) is 89.4 Å².